The van der Waals surface area contributed by atoms with Crippen molar-refractivity contribution in [2.24, 2.45) is 4.99 Å². The predicted molar refractivity (Wildman–Crippen MR) is 102 cm³/mol. The fourth-order valence-corrected chi connectivity index (χ4v) is 2.76. The topological polar surface area (TPSA) is 58.1 Å². The number of hydrogen-bond donors (Lipinski definition) is 2. The summed E-state index contributed by atoms with van der Waals surface area (Å²) in [7, 11) is 0. The van der Waals surface area contributed by atoms with Gasteiger partial charge in [0.2, 0.25) is 6.79 Å². The summed E-state index contributed by atoms with van der Waals surface area (Å²) in [6.45, 7) is 12.7. The molecule has 1 aromatic rings. The summed E-state index contributed by atoms with van der Waals surface area (Å²) in [6.07, 6.45) is 2.35. The van der Waals surface area contributed by atoms with Crippen molar-refractivity contribution in [2.75, 3.05) is 39.5 Å². The molecule has 0 saturated carbocycles. The summed E-state index contributed by atoms with van der Waals surface area (Å²) in [6, 6.07) is 5.98. The summed E-state index contributed by atoms with van der Waals surface area (Å²) in [4.78, 5) is 7.12. The van der Waals surface area contributed by atoms with Crippen molar-refractivity contribution in [2.45, 2.75) is 40.2 Å². The molecular weight excluding hydrogens is 316 g/mol. The van der Waals surface area contributed by atoms with E-state index in [9.17, 15) is 0 Å². The van der Waals surface area contributed by atoms with Crippen molar-refractivity contribution in [3.8, 4) is 11.5 Å². The molecule has 0 amide bonds. The third kappa shape index (κ3) is 6.46. The van der Waals surface area contributed by atoms with Crippen molar-refractivity contribution in [1.29, 1.82) is 0 Å². The molecule has 0 aliphatic carbocycles. The fraction of sp³-hybridized carbons (Fsp3) is 0.632. The minimum Gasteiger partial charge on any atom is -0.454 e. The van der Waals surface area contributed by atoms with Crippen molar-refractivity contribution < 1.29 is 9.47 Å². The van der Waals surface area contributed by atoms with Gasteiger partial charge in [-0.3, -0.25) is 0 Å². The standard InChI is InChI=1S/C19H32N4O2/c1-4-20-19(21-11-7-8-12-23(5-2)6-3)22-14-16-9-10-17-18(13-16)25-15-24-17/h9-10,13H,4-8,11-12,14-15H2,1-3H3,(H2,20,21,22). The van der Waals surface area contributed by atoms with Crippen LogP contribution in [0, 0.1) is 0 Å². The summed E-state index contributed by atoms with van der Waals surface area (Å²) in [5.74, 6) is 2.48. The van der Waals surface area contributed by atoms with Gasteiger partial charge in [0.1, 0.15) is 0 Å². The Morgan fingerprint density at radius 2 is 1.88 bits per heavy atom. The second-order valence-electron chi connectivity index (χ2n) is 6.04. The Morgan fingerprint density at radius 1 is 1.08 bits per heavy atom. The number of guanidine groups is 1. The summed E-state index contributed by atoms with van der Waals surface area (Å²) >= 11 is 0. The largest absolute Gasteiger partial charge is 0.454 e. The molecule has 0 atom stereocenters. The van der Waals surface area contributed by atoms with Crippen LogP contribution < -0.4 is 20.1 Å². The lowest BCUT2D eigenvalue weighted by molar-refractivity contribution is 0.174. The number of unbranched alkanes of at least 4 members (excludes halogenated alkanes) is 1. The number of nitrogens with one attached hydrogen (secondary N) is 2. The Balaban J connectivity index is 1.76. The fourth-order valence-electron chi connectivity index (χ4n) is 2.76. The zero-order chi connectivity index (χ0) is 17.9. The number of benzene rings is 1. The van der Waals surface area contributed by atoms with Crippen LogP contribution in [0.5, 0.6) is 11.5 Å². The van der Waals surface area contributed by atoms with Crippen LogP contribution in [-0.2, 0) is 6.54 Å². The second kappa shape index (κ2) is 10.8. The molecule has 0 radical (unpaired) electrons. The quantitative estimate of drug-likeness (QED) is 0.387. The van der Waals surface area contributed by atoms with Gasteiger partial charge in [0.25, 0.3) is 0 Å². The SMILES string of the molecule is CCNC(=NCc1ccc2c(c1)OCO2)NCCCCN(CC)CC. The van der Waals surface area contributed by atoms with Crippen molar-refractivity contribution in [3.63, 3.8) is 0 Å². The van der Waals surface area contributed by atoms with E-state index in [4.69, 9.17) is 9.47 Å². The molecule has 0 unspecified atom stereocenters. The maximum absolute atomic E-state index is 5.42. The Kier molecular flexibility index (Phi) is 8.39. The Labute approximate surface area is 151 Å². The van der Waals surface area contributed by atoms with Crippen LogP contribution in [0.25, 0.3) is 0 Å². The average molecular weight is 348 g/mol. The van der Waals surface area contributed by atoms with E-state index in [0.717, 1.165) is 55.6 Å². The van der Waals surface area contributed by atoms with Crippen LogP contribution in [0.2, 0.25) is 0 Å². The molecule has 140 valence electrons. The minimum atomic E-state index is 0.305. The van der Waals surface area contributed by atoms with Crippen molar-refractivity contribution in [3.05, 3.63) is 23.8 Å². The van der Waals surface area contributed by atoms with Gasteiger partial charge in [-0.05, 0) is 57.1 Å². The lowest BCUT2D eigenvalue weighted by Gasteiger charge is -2.18. The molecule has 6 heteroatoms. The second-order valence-corrected chi connectivity index (χ2v) is 6.04. The number of ether oxygens (including phenoxy) is 2. The van der Waals surface area contributed by atoms with E-state index in [0.29, 0.717) is 13.3 Å². The van der Waals surface area contributed by atoms with E-state index in [2.05, 4.69) is 41.3 Å². The van der Waals surface area contributed by atoms with Crippen LogP contribution in [0.3, 0.4) is 0 Å². The van der Waals surface area contributed by atoms with E-state index in [1.165, 1.54) is 13.0 Å². The lowest BCUT2D eigenvalue weighted by atomic mass is 10.2. The van der Waals surface area contributed by atoms with Crippen LogP contribution in [0.15, 0.2) is 23.2 Å². The monoisotopic (exact) mass is 348 g/mol. The highest BCUT2D eigenvalue weighted by molar-refractivity contribution is 5.79. The molecule has 2 N–H and O–H groups in total. The van der Waals surface area contributed by atoms with Crippen LogP contribution in [0.4, 0.5) is 0 Å². The molecule has 0 saturated heterocycles. The first-order chi connectivity index (χ1) is 12.3. The molecular formula is C19H32N4O2. The zero-order valence-electron chi connectivity index (χ0n) is 15.8. The zero-order valence-corrected chi connectivity index (χ0v) is 15.8. The molecule has 2 rings (SSSR count). The van der Waals surface area contributed by atoms with Gasteiger partial charge in [-0.2, -0.15) is 0 Å². The Hall–Kier alpha value is -1.95. The Morgan fingerprint density at radius 3 is 2.64 bits per heavy atom. The number of aliphatic imine (C=N–C) groups is 1. The smallest absolute Gasteiger partial charge is 0.231 e. The number of rotatable bonds is 10. The maximum Gasteiger partial charge on any atom is 0.231 e. The molecule has 1 aliphatic heterocycles. The number of fused-ring (bicyclic) bond motifs is 1. The van der Waals surface area contributed by atoms with Gasteiger partial charge in [-0.1, -0.05) is 19.9 Å². The number of hydrogen-bond acceptors (Lipinski definition) is 4. The van der Waals surface area contributed by atoms with Gasteiger partial charge in [0, 0.05) is 13.1 Å². The van der Waals surface area contributed by atoms with Crippen molar-refractivity contribution in [1.82, 2.24) is 15.5 Å². The van der Waals surface area contributed by atoms with E-state index in [1.54, 1.807) is 0 Å². The highest BCUT2D eigenvalue weighted by atomic mass is 16.7. The molecule has 6 nitrogen and oxygen atoms in total. The van der Waals surface area contributed by atoms with Gasteiger partial charge in [0.15, 0.2) is 17.5 Å². The first-order valence-corrected chi connectivity index (χ1v) is 9.39. The average Bonchev–Trinajstić information content (AvgIpc) is 3.10. The highest BCUT2D eigenvalue weighted by Gasteiger charge is 2.12. The van der Waals surface area contributed by atoms with Crippen molar-refractivity contribution >= 4 is 5.96 Å². The van der Waals surface area contributed by atoms with E-state index in [-0.39, 0.29) is 0 Å². The molecule has 1 heterocycles. The third-order valence-corrected chi connectivity index (χ3v) is 4.29. The molecule has 0 spiro atoms. The predicted octanol–water partition coefficient (Wildman–Crippen LogP) is 2.59. The minimum absolute atomic E-state index is 0.305. The Bertz CT molecular complexity index is 544. The van der Waals surface area contributed by atoms with Crippen LogP contribution >= 0.6 is 0 Å². The maximum atomic E-state index is 5.42. The third-order valence-electron chi connectivity index (χ3n) is 4.29. The lowest BCUT2D eigenvalue weighted by Crippen LogP contribution is -2.38. The highest BCUT2D eigenvalue weighted by Crippen LogP contribution is 2.32. The molecule has 1 aromatic carbocycles. The van der Waals surface area contributed by atoms with E-state index in [1.807, 2.05) is 18.2 Å². The molecule has 1 aliphatic rings. The summed E-state index contributed by atoms with van der Waals surface area (Å²) in [5, 5.41) is 6.72. The van der Waals surface area contributed by atoms with E-state index < -0.39 is 0 Å². The first kappa shape index (κ1) is 19.4. The van der Waals surface area contributed by atoms with Gasteiger partial charge >= 0.3 is 0 Å². The van der Waals surface area contributed by atoms with E-state index >= 15 is 0 Å². The van der Waals surface area contributed by atoms with Crippen LogP contribution in [0.1, 0.15) is 39.2 Å². The van der Waals surface area contributed by atoms with Gasteiger partial charge in [-0.15, -0.1) is 0 Å². The number of nitrogens with zero attached hydrogens (tertiary/aromatic N) is 2. The molecule has 0 fully saturated rings. The van der Waals surface area contributed by atoms with Gasteiger partial charge < -0.3 is 25.0 Å². The first-order valence-electron chi connectivity index (χ1n) is 9.39. The summed E-state index contributed by atoms with van der Waals surface area (Å²) < 4.78 is 10.8. The van der Waals surface area contributed by atoms with Gasteiger partial charge in [-0.25, -0.2) is 4.99 Å². The van der Waals surface area contributed by atoms with Crippen LogP contribution in [-0.4, -0.2) is 50.4 Å². The van der Waals surface area contributed by atoms with Gasteiger partial charge in [0.05, 0.1) is 6.54 Å². The molecule has 0 aromatic heterocycles. The summed E-state index contributed by atoms with van der Waals surface area (Å²) in [5.41, 5.74) is 1.11. The molecule has 25 heavy (non-hydrogen) atoms. The molecule has 0 bridgehead atoms. The normalized spacial score (nSPS) is 13.4.